The van der Waals surface area contributed by atoms with Crippen molar-refractivity contribution < 1.29 is 14.3 Å². The molecule has 1 amide bonds. The maximum Gasteiger partial charge on any atom is 0.328 e. The van der Waals surface area contributed by atoms with E-state index in [1.807, 2.05) is 67.8 Å². The molecule has 41 heavy (non-hydrogen) atoms. The van der Waals surface area contributed by atoms with Gasteiger partial charge in [-0.15, -0.1) is 0 Å². The van der Waals surface area contributed by atoms with Gasteiger partial charge in [0, 0.05) is 28.8 Å². The molecule has 1 N–H and O–H groups in total. The molecule has 1 unspecified atom stereocenters. The van der Waals surface area contributed by atoms with E-state index in [1.54, 1.807) is 11.8 Å². The van der Waals surface area contributed by atoms with E-state index in [2.05, 4.69) is 68.6 Å². The summed E-state index contributed by atoms with van der Waals surface area (Å²) in [7, 11) is 1.35. The number of anilines is 1. The summed E-state index contributed by atoms with van der Waals surface area (Å²) in [6.07, 6.45) is 2.47. The highest BCUT2D eigenvalue weighted by Gasteiger charge is 2.24. The van der Waals surface area contributed by atoms with Crippen LogP contribution in [0, 0.1) is 6.92 Å². The fraction of sp³-hybridized carbons (Fsp3) is 0.235. The third-order valence-corrected chi connectivity index (χ3v) is 8.12. The number of para-hydroxylation sites is 1. The molecule has 4 rings (SSSR count). The van der Waals surface area contributed by atoms with E-state index in [1.165, 1.54) is 12.7 Å². The Labute approximate surface area is 255 Å². The summed E-state index contributed by atoms with van der Waals surface area (Å²) >= 11 is 5.15. The summed E-state index contributed by atoms with van der Waals surface area (Å²) in [6.45, 7) is 3.43. The molecule has 0 aromatic heterocycles. The minimum absolute atomic E-state index is 0.291. The molecule has 0 spiro atoms. The van der Waals surface area contributed by atoms with Crippen molar-refractivity contribution in [2.75, 3.05) is 24.0 Å². The van der Waals surface area contributed by atoms with Crippen molar-refractivity contribution in [1.29, 1.82) is 0 Å². The summed E-state index contributed by atoms with van der Waals surface area (Å²) in [5.41, 5.74) is 6.81. The molecule has 0 aliphatic rings. The van der Waals surface area contributed by atoms with E-state index in [0.29, 0.717) is 18.5 Å². The van der Waals surface area contributed by atoms with Crippen LogP contribution in [0.1, 0.15) is 33.5 Å². The standard InChI is InChI=1S/C34H35BrN2O3S/c1-24-9-7-8-12-29(24)31-21-26(15-18-30(31)33(38)36-32(19-20-41-3)34(39)40-2)23-37(28-10-5-4-6-11-28)22-25-13-16-27(35)17-14-25/h4-18,21,32H,19-20,22-23H2,1-3H3,(H,36,38). The Morgan fingerprint density at radius 3 is 2.22 bits per heavy atom. The van der Waals surface area contributed by atoms with Gasteiger partial charge in [0.05, 0.1) is 7.11 Å². The third kappa shape index (κ3) is 8.24. The first-order valence-electron chi connectivity index (χ1n) is 13.5. The van der Waals surface area contributed by atoms with Gasteiger partial charge >= 0.3 is 5.97 Å². The first-order valence-corrected chi connectivity index (χ1v) is 15.7. The quantitative estimate of drug-likeness (QED) is 0.163. The normalized spacial score (nSPS) is 11.5. The second-order valence-electron chi connectivity index (χ2n) is 9.84. The minimum Gasteiger partial charge on any atom is -0.467 e. The van der Waals surface area contributed by atoms with Crippen LogP contribution in [0.3, 0.4) is 0 Å². The molecule has 4 aromatic carbocycles. The highest BCUT2D eigenvalue weighted by molar-refractivity contribution is 9.10. The Morgan fingerprint density at radius 2 is 1.54 bits per heavy atom. The number of amides is 1. The van der Waals surface area contributed by atoms with Crippen LogP contribution < -0.4 is 10.2 Å². The van der Waals surface area contributed by atoms with Crippen LogP contribution in [0.25, 0.3) is 11.1 Å². The van der Waals surface area contributed by atoms with Crippen LogP contribution in [-0.4, -0.2) is 37.0 Å². The summed E-state index contributed by atoms with van der Waals surface area (Å²) in [5, 5.41) is 2.93. The lowest BCUT2D eigenvalue weighted by Gasteiger charge is -2.26. The zero-order chi connectivity index (χ0) is 29.2. The lowest BCUT2D eigenvalue weighted by molar-refractivity contribution is -0.142. The Hall–Kier alpha value is -3.55. The number of carbonyl (C=O) groups excluding carboxylic acids is 2. The summed E-state index contributed by atoms with van der Waals surface area (Å²) < 4.78 is 6.02. The van der Waals surface area contributed by atoms with Gasteiger partial charge < -0.3 is 15.0 Å². The number of hydrogen-bond acceptors (Lipinski definition) is 5. The van der Waals surface area contributed by atoms with Crippen molar-refractivity contribution in [3.05, 3.63) is 124 Å². The maximum absolute atomic E-state index is 13.6. The van der Waals surface area contributed by atoms with Crippen molar-refractivity contribution in [1.82, 2.24) is 5.32 Å². The Kier molecular flexibility index (Phi) is 11.0. The molecular weight excluding hydrogens is 596 g/mol. The van der Waals surface area contributed by atoms with Gasteiger partial charge in [0.1, 0.15) is 6.04 Å². The van der Waals surface area contributed by atoms with E-state index in [9.17, 15) is 9.59 Å². The van der Waals surface area contributed by atoms with E-state index in [0.717, 1.165) is 44.7 Å². The monoisotopic (exact) mass is 630 g/mol. The molecule has 0 saturated carbocycles. The molecule has 0 bridgehead atoms. The summed E-state index contributed by atoms with van der Waals surface area (Å²) in [6, 6.07) is 32.0. The van der Waals surface area contributed by atoms with Crippen molar-refractivity contribution in [2.45, 2.75) is 32.5 Å². The Balaban J connectivity index is 1.70. The van der Waals surface area contributed by atoms with Crippen molar-refractivity contribution in [2.24, 2.45) is 0 Å². The lowest BCUT2D eigenvalue weighted by Crippen LogP contribution is -2.42. The SMILES string of the molecule is COC(=O)C(CCSC)NC(=O)c1ccc(CN(Cc2ccc(Br)cc2)c2ccccc2)cc1-c1ccccc1C. The van der Waals surface area contributed by atoms with Gasteiger partial charge in [-0.1, -0.05) is 76.6 Å². The second-order valence-corrected chi connectivity index (χ2v) is 11.7. The fourth-order valence-electron chi connectivity index (χ4n) is 4.76. The molecule has 5 nitrogen and oxygen atoms in total. The zero-order valence-corrected chi connectivity index (χ0v) is 26.0. The number of aryl methyl sites for hydroxylation is 1. The number of nitrogens with zero attached hydrogens (tertiary/aromatic N) is 1. The topological polar surface area (TPSA) is 58.6 Å². The lowest BCUT2D eigenvalue weighted by atomic mass is 9.93. The molecule has 4 aromatic rings. The predicted molar refractivity (Wildman–Crippen MR) is 173 cm³/mol. The molecule has 0 radical (unpaired) electrons. The molecule has 0 saturated heterocycles. The fourth-order valence-corrected chi connectivity index (χ4v) is 5.49. The molecular formula is C34H35BrN2O3S. The maximum atomic E-state index is 13.6. The summed E-state index contributed by atoms with van der Waals surface area (Å²) in [5.74, 6) is 0.00567. The first-order chi connectivity index (χ1) is 19.9. The minimum atomic E-state index is -0.705. The van der Waals surface area contributed by atoms with Crippen molar-refractivity contribution in [3.63, 3.8) is 0 Å². The molecule has 212 valence electrons. The van der Waals surface area contributed by atoms with Gasteiger partial charge in [-0.05, 0) is 89.6 Å². The number of halogens is 1. The van der Waals surface area contributed by atoms with Crippen LogP contribution in [-0.2, 0) is 22.6 Å². The average molecular weight is 632 g/mol. The van der Waals surface area contributed by atoms with Gasteiger partial charge in [0.25, 0.3) is 5.91 Å². The van der Waals surface area contributed by atoms with Crippen LogP contribution in [0.4, 0.5) is 5.69 Å². The number of benzene rings is 4. The van der Waals surface area contributed by atoms with E-state index >= 15 is 0 Å². The van der Waals surface area contributed by atoms with Gasteiger partial charge in [0.15, 0.2) is 0 Å². The number of thioether (sulfide) groups is 1. The number of methoxy groups -OCH3 is 1. The van der Waals surface area contributed by atoms with Crippen LogP contribution in [0.2, 0.25) is 0 Å². The van der Waals surface area contributed by atoms with E-state index in [4.69, 9.17) is 4.74 Å². The van der Waals surface area contributed by atoms with E-state index in [-0.39, 0.29) is 5.91 Å². The zero-order valence-electron chi connectivity index (χ0n) is 23.6. The van der Waals surface area contributed by atoms with Crippen LogP contribution in [0.15, 0.2) is 102 Å². The molecule has 0 aliphatic heterocycles. The number of carbonyl (C=O) groups is 2. The van der Waals surface area contributed by atoms with E-state index < -0.39 is 12.0 Å². The Morgan fingerprint density at radius 1 is 0.878 bits per heavy atom. The Bertz CT molecular complexity index is 1460. The van der Waals surface area contributed by atoms with Crippen molar-refractivity contribution in [3.8, 4) is 11.1 Å². The second kappa shape index (κ2) is 14.9. The average Bonchev–Trinajstić information content (AvgIpc) is 3.00. The third-order valence-electron chi connectivity index (χ3n) is 6.95. The largest absolute Gasteiger partial charge is 0.467 e. The number of nitrogens with one attached hydrogen (secondary N) is 1. The predicted octanol–water partition coefficient (Wildman–Crippen LogP) is 7.66. The molecule has 0 aliphatic carbocycles. The van der Waals surface area contributed by atoms with Crippen LogP contribution in [0.5, 0.6) is 0 Å². The number of ether oxygens (including phenoxy) is 1. The van der Waals surface area contributed by atoms with Crippen LogP contribution >= 0.6 is 27.7 Å². The number of esters is 1. The van der Waals surface area contributed by atoms with Crippen molar-refractivity contribution >= 4 is 45.3 Å². The smallest absolute Gasteiger partial charge is 0.328 e. The highest BCUT2D eigenvalue weighted by Crippen LogP contribution is 2.30. The molecule has 0 heterocycles. The number of rotatable bonds is 12. The molecule has 1 atom stereocenters. The molecule has 0 fully saturated rings. The number of hydrogen-bond donors (Lipinski definition) is 1. The summed E-state index contributed by atoms with van der Waals surface area (Å²) in [4.78, 5) is 28.4. The first kappa shape index (κ1) is 30.4. The van der Waals surface area contributed by atoms with Gasteiger partial charge in [-0.3, -0.25) is 4.79 Å². The molecule has 7 heteroatoms. The van der Waals surface area contributed by atoms with Gasteiger partial charge in [-0.25, -0.2) is 4.79 Å². The van der Waals surface area contributed by atoms with Gasteiger partial charge in [0.2, 0.25) is 0 Å². The van der Waals surface area contributed by atoms with Gasteiger partial charge in [-0.2, -0.15) is 11.8 Å². The highest BCUT2D eigenvalue weighted by atomic mass is 79.9.